The monoisotopic (exact) mass is 482 g/mol. The van der Waals surface area contributed by atoms with E-state index in [4.69, 9.17) is 0 Å². The fourth-order valence-corrected chi connectivity index (χ4v) is 5.18. The van der Waals surface area contributed by atoms with E-state index in [-0.39, 0.29) is 30.7 Å². The van der Waals surface area contributed by atoms with E-state index in [1.807, 2.05) is 50.5 Å². The third kappa shape index (κ3) is 5.02. The number of nitrogens with zero attached hydrogens (tertiary/aromatic N) is 4. The lowest BCUT2D eigenvalue weighted by Gasteiger charge is -2.28. The van der Waals surface area contributed by atoms with Crippen molar-refractivity contribution in [3.63, 3.8) is 0 Å². The fraction of sp³-hybridized carbons (Fsp3) is 0.458. The molecule has 180 valence electrons. The topological polar surface area (TPSA) is 124 Å². The van der Waals surface area contributed by atoms with Gasteiger partial charge < -0.3 is 20.3 Å². The summed E-state index contributed by atoms with van der Waals surface area (Å²) >= 11 is 1.60. The molecule has 3 atom stereocenters. The molecule has 3 N–H and O–H groups in total. The van der Waals surface area contributed by atoms with E-state index in [0.29, 0.717) is 18.2 Å². The van der Waals surface area contributed by atoms with Gasteiger partial charge in [-0.15, -0.1) is 21.5 Å². The number of benzene rings is 1. The maximum absolute atomic E-state index is 13.5. The van der Waals surface area contributed by atoms with Crippen LogP contribution >= 0.6 is 11.3 Å². The minimum atomic E-state index is -0.745. The molecule has 2 aromatic heterocycles. The number of hydrogen-bond acceptors (Lipinski definition) is 7. The van der Waals surface area contributed by atoms with Crippen LogP contribution in [0.3, 0.4) is 0 Å². The molecule has 4 rings (SSSR count). The zero-order chi connectivity index (χ0) is 24.4. The number of hydrogen-bond donors (Lipinski definition) is 3. The van der Waals surface area contributed by atoms with Crippen LogP contribution in [-0.2, 0) is 16.1 Å². The van der Waals surface area contributed by atoms with Gasteiger partial charge in [-0.2, -0.15) is 0 Å². The number of β-amino-alcohol motifs (C(OH)–C–C–N with tert-alkyl or cyclic N) is 1. The molecule has 1 saturated heterocycles. The van der Waals surface area contributed by atoms with E-state index < -0.39 is 18.1 Å². The zero-order valence-corrected chi connectivity index (χ0v) is 20.6. The molecule has 34 heavy (non-hydrogen) atoms. The Bertz CT molecular complexity index is 1160. The van der Waals surface area contributed by atoms with Gasteiger partial charge in [-0.25, -0.2) is 4.98 Å². The Labute approximate surface area is 202 Å². The van der Waals surface area contributed by atoms with Crippen LogP contribution in [0, 0.1) is 19.8 Å². The zero-order valence-electron chi connectivity index (χ0n) is 19.8. The number of carbonyl (C=O) groups excluding carboxylic acids is 2. The Hall–Kier alpha value is -3.11. The SMILES string of the molecule is Cc1nnc(C(C(=O)N2C[C@H](O)C[C@H]2C(=O)NCc2ccc(-c3scnc3C)cc2)C(C)C)[nH]1. The van der Waals surface area contributed by atoms with E-state index >= 15 is 0 Å². The standard InChI is InChI=1S/C24H30N6O3S/c1-13(2)20(22-27-15(4)28-29-22)24(33)30-11-18(31)9-19(30)23(32)25-10-16-5-7-17(8-6-16)21-14(3)26-12-34-21/h5-8,12-13,18-20,31H,9-11H2,1-4H3,(H,25,32)(H,27,28,29)/t18-,19+,20?/m1/s1. The summed E-state index contributed by atoms with van der Waals surface area (Å²) in [6.45, 7) is 8.08. The molecular weight excluding hydrogens is 452 g/mol. The second-order valence-corrected chi connectivity index (χ2v) is 9.95. The predicted molar refractivity (Wildman–Crippen MR) is 129 cm³/mol. The third-order valence-corrected chi connectivity index (χ3v) is 7.11. The summed E-state index contributed by atoms with van der Waals surface area (Å²) < 4.78 is 0. The summed E-state index contributed by atoms with van der Waals surface area (Å²) in [5.74, 6) is -0.0164. The lowest BCUT2D eigenvalue weighted by atomic mass is 9.93. The largest absolute Gasteiger partial charge is 0.391 e. The second-order valence-electron chi connectivity index (χ2n) is 9.09. The van der Waals surface area contributed by atoms with Crippen molar-refractivity contribution in [1.29, 1.82) is 0 Å². The number of aliphatic hydroxyl groups excluding tert-OH is 1. The van der Waals surface area contributed by atoms with Gasteiger partial charge in [0.15, 0.2) is 0 Å². The number of nitrogens with one attached hydrogen (secondary N) is 2. The maximum Gasteiger partial charge on any atom is 0.243 e. The molecule has 9 nitrogen and oxygen atoms in total. The molecular formula is C24H30N6O3S. The summed E-state index contributed by atoms with van der Waals surface area (Å²) in [4.78, 5) is 36.5. The molecule has 0 radical (unpaired) electrons. The number of rotatable bonds is 7. The summed E-state index contributed by atoms with van der Waals surface area (Å²) in [6.07, 6.45) is -0.535. The molecule has 0 aliphatic carbocycles. The average Bonchev–Trinajstić information content (AvgIpc) is 3.52. The van der Waals surface area contributed by atoms with Crippen molar-refractivity contribution in [2.24, 2.45) is 5.92 Å². The van der Waals surface area contributed by atoms with Gasteiger partial charge in [-0.3, -0.25) is 9.59 Å². The van der Waals surface area contributed by atoms with Gasteiger partial charge in [0.05, 0.1) is 22.2 Å². The van der Waals surface area contributed by atoms with Crippen molar-refractivity contribution < 1.29 is 14.7 Å². The first-order valence-electron chi connectivity index (χ1n) is 11.4. The number of aliphatic hydroxyl groups is 1. The van der Waals surface area contributed by atoms with E-state index in [1.165, 1.54) is 4.90 Å². The van der Waals surface area contributed by atoms with Crippen LogP contribution in [0.15, 0.2) is 29.8 Å². The molecule has 10 heteroatoms. The normalized spacial score (nSPS) is 18.9. The molecule has 3 aromatic rings. The fourth-order valence-electron chi connectivity index (χ4n) is 4.37. The maximum atomic E-state index is 13.5. The Kier molecular flexibility index (Phi) is 7.08. The second kappa shape index (κ2) is 10.0. The first kappa shape index (κ1) is 24.0. The van der Waals surface area contributed by atoms with Crippen LogP contribution in [0.1, 0.15) is 49.1 Å². The molecule has 1 aliphatic rings. The number of likely N-dealkylation sites (tertiary alicyclic amines) is 1. The van der Waals surface area contributed by atoms with Gasteiger partial charge in [0, 0.05) is 19.5 Å². The Morgan fingerprint density at radius 1 is 1.24 bits per heavy atom. The molecule has 2 amide bonds. The number of H-pyrrole nitrogens is 1. The highest BCUT2D eigenvalue weighted by atomic mass is 32.1. The summed E-state index contributed by atoms with van der Waals surface area (Å²) in [6, 6.07) is 7.25. The van der Waals surface area contributed by atoms with Gasteiger partial charge >= 0.3 is 0 Å². The molecule has 1 aliphatic heterocycles. The summed E-state index contributed by atoms with van der Waals surface area (Å²) in [5, 5.41) is 21.3. The number of aromatic nitrogens is 4. The smallest absolute Gasteiger partial charge is 0.243 e. The minimum Gasteiger partial charge on any atom is -0.391 e. The van der Waals surface area contributed by atoms with E-state index in [0.717, 1.165) is 21.7 Å². The molecule has 1 aromatic carbocycles. The van der Waals surface area contributed by atoms with Crippen molar-refractivity contribution in [1.82, 2.24) is 30.4 Å². The Morgan fingerprint density at radius 3 is 2.56 bits per heavy atom. The minimum absolute atomic E-state index is 0.0537. The van der Waals surface area contributed by atoms with Crippen LogP contribution < -0.4 is 5.32 Å². The van der Waals surface area contributed by atoms with Crippen LogP contribution in [0.2, 0.25) is 0 Å². The number of thiazole rings is 1. The van der Waals surface area contributed by atoms with Crippen LogP contribution in [0.25, 0.3) is 10.4 Å². The summed E-state index contributed by atoms with van der Waals surface area (Å²) in [7, 11) is 0. The average molecular weight is 483 g/mol. The van der Waals surface area contributed by atoms with Crippen molar-refractivity contribution in [2.75, 3.05) is 6.54 Å². The highest BCUT2D eigenvalue weighted by Crippen LogP contribution is 2.29. The van der Waals surface area contributed by atoms with Crippen LogP contribution in [-0.4, -0.2) is 60.7 Å². The highest BCUT2D eigenvalue weighted by molar-refractivity contribution is 7.13. The lowest BCUT2D eigenvalue weighted by molar-refractivity contribution is -0.140. The van der Waals surface area contributed by atoms with Gasteiger partial charge in [0.2, 0.25) is 11.8 Å². The van der Waals surface area contributed by atoms with Crippen molar-refractivity contribution in [3.05, 3.63) is 52.7 Å². The van der Waals surface area contributed by atoms with Gasteiger partial charge in [0.1, 0.15) is 23.6 Å². The summed E-state index contributed by atoms with van der Waals surface area (Å²) in [5.41, 5.74) is 4.87. The van der Waals surface area contributed by atoms with Gasteiger partial charge in [-0.05, 0) is 30.9 Å². The molecule has 0 bridgehead atoms. The number of amides is 2. The van der Waals surface area contributed by atoms with Crippen LogP contribution in [0.4, 0.5) is 0 Å². The van der Waals surface area contributed by atoms with E-state index in [1.54, 1.807) is 18.3 Å². The van der Waals surface area contributed by atoms with Crippen molar-refractivity contribution >= 4 is 23.2 Å². The Balaban J connectivity index is 1.43. The molecule has 3 heterocycles. The number of aryl methyl sites for hydroxylation is 2. The van der Waals surface area contributed by atoms with E-state index in [2.05, 4.69) is 25.5 Å². The predicted octanol–water partition coefficient (Wildman–Crippen LogP) is 2.56. The first-order chi connectivity index (χ1) is 16.2. The number of carbonyl (C=O) groups is 2. The quantitative estimate of drug-likeness (QED) is 0.475. The molecule has 0 saturated carbocycles. The van der Waals surface area contributed by atoms with Gasteiger partial charge in [0.25, 0.3) is 0 Å². The molecule has 1 fully saturated rings. The highest BCUT2D eigenvalue weighted by Gasteiger charge is 2.42. The number of aromatic amines is 1. The lowest BCUT2D eigenvalue weighted by Crippen LogP contribution is -2.48. The molecule has 0 spiro atoms. The van der Waals surface area contributed by atoms with E-state index in [9.17, 15) is 14.7 Å². The molecule has 1 unspecified atom stereocenters. The Morgan fingerprint density at radius 2 is 1.97 bits per heavy atom. The first-order valence-corrected chi connectivity index (χ1v) is 12.3. The van der Waals surface area contributed by atoms with Crippen molar-refractivity contribution in [2.45, 2.75) is 58.7 Å². The van der Waals surface area contributed by atoms with Gasteiger partial charge in [-0.1, -0.05) is 38.1 Å². The third-order valence-electron chi connectivity index (χ3n) is 6.14. The van der Waals surface area contributed by atoms with Crippen LogP contribution in [0.5, 0.6) is 0 Å². The van der Waals surface area contributed by atoms with Crippen molar-refractivity contribution in [3.8, 4) is 10.4 Å².